The van der Waals surface area contributed by atoms with Gasteiger partial charge in [-0.15, -0.1) is 6.42 Å². The van der Waals surface area contributed by atoms with Crippen molar-refractivity contribution < 1.29 is 9.90 Å². The number of carbonyl (C=O) groups is 1. The van der Waals surface area contributed by atoms with Crippen molar-refractivity contribution in [2.75, 3.05) is 13.2 Å². The zero-order chi connectivity index (χ0) is 11.8. The number of nitrogens with one attached hydrogen (secondary N) is 2. The molecule has 2 atom stereocenters. The molecule has 1 amide bonds. The van der Waals surface area contributed by atoms with Crippen molar-refractivity contribution in [2.24, 2.45) is 5.92 Å². The highest BCUT2D eigenvalue weighted by molar-refractivity contribution is 5.81. The van der Waals surface area contributed by atoms with Gasteiger partial charge in [-0.3, -0.25) is 4.79 Å². The van der Waals surface area contributed by atoms with Gasteiger partial charge < -0.3 is 15.7 Å². The van der Waals surface area contributed by atoms with Crippen LogP contribution in [0.2, 0.25) is 0 Å². The van der Waals surface area contributed by atoms with E-state index in [9.17, 15) is 4.79 Å². The predicted molar refractivity (Wildman–Crippen MR) is 60.2 cm³/mol. The molecule has 0 aromatic heterocycles. The summed E-state index contributed by atoms with van der Waals surface area (Å²) in [5.41, 5.74) is 0. The molecule has 0 radical (unpaired) electrons. The lowest BCUT2D eigenvalue weighted by Crippen LogP contribution is -2.49. The number of carbonyl (C=O) groups excluding carboxylic acids is 1. The number of terminal acetylenes is 1. The van der Waals surface area contributed by atoms with Gasteiger partial charge in [0, 0.05) is 6.04 Å². The minimum absolute atomic E-state index is 0.0183. The second kappa shape index (κ2) is 7.27. The first-order chi connectivity index (χ1) is 7.02. The van der Waals surface area contributed by atoms with E-state index in [2.05, 4.69) is 16.6 Å². The maximum Gasteiger partial charge on any atom is 0.237 e. The molecule has 0 aliphatic carbocycles. The molecule has 0 rings (SSSR count). The van der Waals surface area contributed by atoms with E-state index in [-0.39, 0.29) is 37.1 Å². The third-order valence-corrected chi connectivity index (χ3v) is 2.22. The van der Waals surface area contributed by atoms with Crippen molar-refractivity contribution in [1.82, 2.24) is 10.6 Å². The van der Waals surface area contributed by atoms with Gasteiger partial charge in [-0.2, -0.15) is 0 Å². The van der Waals surface area contributed by atoms with Crippen LogP contribution in [0.1, 0.15) is 20.8 Å². The van der Waals surface area contributed by atoms with Gasteiger partial charge in [0.2, 0.25) is 5.91 Å². The molecule has 0 heterocycles. The second-order valence-corrected chi connectivity index (χ2v) is 3.84. The highest BCUT2D eigenvalue weighted by atomic mass is 16.3. The summed E-state index contributed by atoms with van der Waals surface area (Å²) >= 11 is 0. The van der Waals surface area contributed by atoms with Gasteiger partial charge in [-0.25, -0.2) is 0 Å². The summed E-state index contributed by atoms with van der Waals surface area (Å²) in [6, 6.07) is -0.422. The van der Waals surface area contributed by atoms with Crippen LogP contribution in [0.3, 0.4) is 0 Å². The number of amides is 1. The van der Waals surface area contributed by atoms with Gasteiger partial charge >= 0.3 is 0 Å². The summed E-state index contributed by atoms with van der Waals surface area (Å²) in [5, 5.41) is 14.7. The lowest BCUT2D eigenvalue weighted by molar-refractivity contribution is -0.122. The quantitative estimate of drug-likeness (QED) is 0.531. The van der Waals surface area contributed by atoms with E-state index in [0.717, 1.165) is 0 Å². The van der Waals surface area contributed by atoms with Crippen LogP contribution in [-0.2, 0) is 4.79 Å². The number of aliphatic hydroxyl groups excluding tert-OH is 1. The van der Waals surface area contributed by atoms with E-state index in [1.165, 1.54) is 0 Å². The SMILES string of the molecule is C#CCNC(=O)C(C)NC(CO)C(C)C. The maximum atomic E-state index is 11.4. The molecule has 0 aromatic carbocycles. The molecule has 0 aromatic rings. The Morgan fingerprint density at radius 2 is 2.07 bits per heavy atom. The zero-order valence-corrected chi connectivity index (χ0v) is 9.58. The van der Waals surface area contributed by atoms with Crippen molar-refractivity contribution in [3.8, 4) is 12.3 Å². The van der Waals surface area contributed by atoms with Gasteiger partial charge in [-0.05, 0) is 12.8 Å². The van der Waals surface area contributed by atoms with E-state index in [4.69, 9.17) is 11.5 Å². The standard InChI is InChI=1S/C11H20N2O2/c1-5-6-12-11(15)9(4)13-10(7-14)8(2)3/h1,8-10,13-14H,6-7H2,2-4H3,(H,12,15). The van der Waals surface area contributed by atoms with E-state index >= 15 is 0 Å². The number of rotatable bonds is 6. The Morgan fingerprint density at radius 1 is 1.47 bits per heavy atom. The van der Waals surface area contributed by atoms with Crippen molar-refractivity contribution in [1.29, 1.82) is 0 Å². The van der Waals surface area contributed by atoms with Crippen LogP contribution in [0.4, 0.5) is 0 Å². The molecular weight excluding hydrogens is 192 g/mol. The molecular formula is C11H20N2O2. The van der Waals surface area contributed by atoms with E-state index in [1.54, 1.807) is 6.92 Å². The molecule has 4 heteroatoms. The lowest BCUT2D eigenvalue weighted by Gasteiger charge is -2.23. The van der Waals surface area contributed by atoms with Crippen LogP contribution < -0.4 is 10.6 Å². The van der Waals surface area contributed by atoms with Gasteiger partial charge in [0.25, 0.3) is 0 Å². The first-order valence-corrected chi connectivity index (χ1v) is 5.11. The van der Waals surface area contributed by atoms with Crippen LogP contribution in [0.5, 0.6) is 0 Å². The maximum absolute atomic E-state index is 11.4. The number of hydrogen-bond acceptors (Lipinski definition) is 3. The number of hydrogen-bond donors (Lipinski definition) is 3. The minimum atomic E-state index is -0.349. The Hall–Kier alpha value is -1.05. The van der Waals surface area contributed by atoms with Gasteiger partial charge in [-0.1, -0.05) is 19.8 Å². The normalized spacial score (nSPS) is 14.4. The summed E-state index contributed by atoms with van der Waals surface area (Å²) in [6.45, 7) is 5.97. The predicted octanol–water partition coefficient (Wildman–Crippen LogP) is -0.269. The molecule has 0 spiro atoms. The average molecular weight is 212 g/mol. The van der Waals surface area contributed by atoms with Crippen molar-refractivity contribution in [2.45, 2.75) is 32.9 Å². The summed E-state index contributed by atoms with van der Waals surface area (Å²) in [5.74, 6) is 2.46. The highest BCUT2D eigenvalue weighted by Gasteiger charge is 2.18. The molecule has 4 nitrogen and oxygen atoms in total. The molecule has 0 aliphatic rings. The lowest BCUT2D eigenvalue weighted by atomic mass is 10.0. The Kier molecular flexibility index (Phi) is 6.76. The molecule has 0 bridgehead atoms. The topological polar surface area (TPSA) is 61.4 Å². The average Bonchev–Trinajstić information content (AvgIpc) is 2.21. The van der Waals surface area contributed by atoms with Gasteiger partial charge in [0.15, 0.2) is 0 Å². The van der Waals surface area contributed by atoms with Gasteiger partial charge in [0.1, 0.15) is 0 Å². The van der Waals surface area contributed by atoms with Crippen molar-refractivity contribution >= 4 is 5.91 Å². The van der Waals surface area contributed by atoms with Crippen LogP contribution in [0.15, 0.2) is 0 Å². The first kappa shape index (κ1) is 13.9. The molecule has 2 unspecified atom stereocenters. The smallest absolute Gasteiger partial charge is 0.237 e. The van der Waals surface area contributed by atoms with Crippen LogP contribution >= 0.6 is 0 Å². The summed E-state index contributed by atoms with van der Waals surface area (Å²) in [7, 11) is 0. The Balaban J connectivity index is 4.05. The second-order valence-electron chi connectivity index (χ2n) is 3.84. The van der Waals surface area contributed by atoms with Crippen molar-refractivity contribution in [3.63, 3.8) is 0 Å². The van der Waals surface area contributed by atoms with Crippen LogP contribution in [0, 0.1) is 18.3 Å². The molecule has 3 N–H and O–H groups in total. The Morgan fingerprint density at radius 3 is 2.47 bits per heavy atom. The highest BCUT2D eigenvalue weighted by Crippen LogP contribution is 2.01. The van der Waals surface area contributed by atoms with Gasteiger partial charge in [0.05, 0.1) is 19.2 Å². The zero-order valence-electron chi connectivity index (χ0n) is 9.58. The molecule has 0 aliphatic heterocycles. The fourth-order valence-corrected chi connectivity index (χ4v) is 1.14. The first-order valence-electron chi connectivity index (χ1n) is 5.11. The fourth-order valence-electron chi connectivity index (χ4n) is 1.14. The molecule has 0 saturated heterocycles. The molecule has 86 valence electrons. The van der Waals surface area contributed by atoms with E-state index < -0.39 is 0 Å². The summed E-state index contributed by atoms with van der Waals surface area (Å²) in [6.07, 6.45) is 5.03. The van der Waals surface area contributed by atoms with Crippen LogP contribution in [-0.4, -0.2) is 36.2 Å². The molecule has 0 saturated carbocycles. The minimum Gasteiger partial charge on any atom is -0.395 e. The Bertz CT molecular complexity index is 233. The fraction of sp³-hybridized carbons (Fsp3) is 0.727. The summed E-state index contributed by atoms with van der Waals surface area (Å²) in [4.78, 5) is 11.4. The largest absolute Gasteiger partial charge is 0.395 e. The van der Waals surface area contributed by atoms with E-state index in [1.807, 2.05) is 13.8 Å². The third-order valence-electron chi connectivity index (χ3n) is 2.22. The third kappa shape index (κ3) is 5.40. The van der Waals surface area contributed by atoms with Crippen molar-refractivity contribution in [3.05, 3.63) is 0 Å². The Labute approximate surface area is 91.4 Å². The molecule has 15 heavy (non-hydrogen) atoms. The van der Waals surface area contributed by atoms with Crippen LogP contribution in [0.25, 0.3) is 0 Å². The monoisotopic (exact) mass is 212 g/mol. The molecule has 0 fully saturated rings. The summed E-state index contributed by atoms with van der Waals surface area (Å²) < 4.78 is 0. The van der Waals surface area contributed by atoms with E-state index in [0.29, 0.717) is 0 Å². The number of aliphatic hydroxyl groups is 1.